The van der Waals surface area contributed by atoms with Gasteiger partial charge in [-0.05, 0) is 25.5 Å². The zero-order valence-corrected chi connectivity index (χ0v) is 12.7. The second-order valence-electron chi connectivity index (χ2n) is 5.15. The van der Waals surface area contributed by atoms with Crippen molar-refractivity contribution in [3.8, 4) is 0 Å². The number of pyridine rings is 1. The highest BCUT2D eigenvalue weighted by atomic mass is 32.1. The fraction of sp³-hybridized carbons (Fsp3) is 0.500. The van der Waals surface area contributed by atoms with Crippen LogP contribution in [0.3, 0.4) is 0 Å². The van der Waals surface area contributed by atoms with Crippen molar-refractivity contribution in [1.29, 1.82) is 0 Å². The Balaban J connectivity index is 1.58. The van der Waals surface area contributed by atoms with E-state index in [1.807, 2.05) is 19.2 Å². The Morgan fingerprint density at radius 2 is 2.00 bits per heavy atom. The molecular weight excluding hydrogens is 270 g/mol. The maximum Gasteiger partial charge on any atom is 0.205 e. The van der Waals surface area contributed by atoms with Gasteiger partial charge in [0.2, 0.25) is 5.13 Å². The molecule has 0 aromatic carbocycles. The van der Waals surface area contributed by atoms with Crippen LogP contribution >= 0.6 is 11.5 Å². The minimum absolute atomic E-state index is 0.872. The highest BCUT2D eigenvalue weighted by Crippen LogP contribution is 2.19. The van der Waals surface area contributed by atoms with Crippen molar-refractivity contribution in [2.75, 3.05) is 31.1 Å². The van der Waals surface area contributed by atoms with E-state index in [1.54, 1.807) is 0 Å². The Hall–Kier alpha value is -1.53. The Kier molecular flexibility index (Phi) is 3.93. The molecule has 0 N–H and O–H groups in total. The molecule has 0 aliphatic carbocycles. The molecule has 1 aliphatic rings. The van der Waals surface area contributed by atoms with E-state index >= 15 is 0 Å². The van der Waals surface area contributed by atoms with Gasteiger partial charge in [0, 0.05) is 50.5 Å². The van der Waals surface area contributed by atoms with Crippen LogP contribution in [-0.4, -0.2) is 45.4 Å². The van der Waals surface area contributed by atoms with Crippen molar-refractivity contribution >= 4 is 16.7 Å². The van der Waals surface area contributed by atoms with Gasteiger partial charge in [-0.25, -0.2) is 4.98 Å². The molecule has 3 heterocycles. The number of piperazine rings is 1. The summed E-state index contributed by atoms with van der Waals surface area (Å²) in [5.74, 6) is 0.872. The lowest BCUT2D eigenvalue weighted by Crippen LogP contribution is -2.46. The number of rotatable bonds is 3. The first-order chi connectivity index (χ1) is 9.72. The van der Waals surface area contributed by atoms with Gasteiger partial charge >= 0.3 is 0 Å². The Morgan fingerprint density at radius 1 is 1.20 bits per heavy atom. The van der Waals surface area contributed by atoms with Crippen LogP contribution in [0, 0.1) is 13.8 Å². The van der Waals surface area contributed by atoms with E-state index in [0.717, 1.165) is 43.7 Å². The number of nitrogens with zero attached hydrogens (tertiary/aromatic N) is 5. The summed E-state index contributed by atoms with van der Waals surface area (Å²) >= 11 is 1.50. The normalized spacial score (nSPS) is 16.6. The van der Waals surface area contributed by atoms with Gasteiger partial charge in [-0.1, -0.05) is 6.07 Å². The van der Waals surface area contributed by atoms with Gasteiger partial charge < -0.3 is 4.90 Å². The molecule has 2 aromatic rings. The van der Waals surface area contributed by atoms with E-state index in [-0.39, 0.29) is 0 Å². The van der Waals surface area contributed by atoms with Gasteiger partial charge in [0.25, 0.3) is 0 Å². The maximum absolute atomic E-state index is 4.48. The first-order valence-corrected chi connectivity index (χ1v) is 7.68. The molecule has 106 valence electrons. The molecule has 2 aromatic heterocycles. The highest BCUT2D eigenvalue weighted by molar-refractivity contribution is 7.09. The average Bonchev–Trinajstić information content (AvgIpc) is 2.89. The lowest BCUT2D eigenvalue weighted by Gasteiger charge is -2.34. The summed E-state index contributed by atoms with van der Waals surface area (Å²) in [5, 5.41) is 1.05. The summed E-state index contributed by atoms with van der Waals surface area (Å²) < 4.78 is 4.26. The van der Waals surface area contributed by atoms with E-state index in [4.69, 9.17) is 0 Å². The van der Waals surface area contributed by atoms with E-state index in [2.05, 4.69) is 37.1 Å². The predicted octanol–water partition coefficient (Wildman–Crippen LogP) is 1.87. The topological polar surface area (TPSA) is 45.2 Å². The molecule has 0 amide bonds. The monoisotopic (exact) mass is 289 g/mol. The summed E-state index contributed by atoms with van der Waals surface area (Å²) in [6.45, 7) is 9.14. The van der Waals surface area contributed by atoms with E-state index in [1.165, 1.54) is 22.8 Å². The van der Waals surface area contributed by atoms with Crippen molar-refractivity contribution in [3.63, 3.8) is 0 Å². The Bertz CT molecular complexity index is 574. The summed E-state index contributed by atoms with van der Waals surface area (Å²) in [6, 6.07) is 4.12. The van der Waals surface area contributed by atoms with Crippen LogP contribution in [0.1, 0.15) is 17.1 Å². The first-order valence-electron chi connectivity index (χ1n) is 6.90. The zero-order valence-electron chi connectivity index (χ0n) is 11.9. The molecule has 1 fully saturated rings. The number of anilines is 1. The molecule has 0 bridgehead atoms. The summed E-state index contributed by atoms with van der Waals surface area (Å²) in [6.07, 6.45) is 1.88. The molecule has 1 aliphatic heterocycles. The van der Waals surface area contributed by atoms with Crippen LogP contribution < -0.4 is 4.90 Å². The van der Waals surface area contributed by atoms with Crippen LogP contribution in [0.4, 0.5) is 5.13 Å². The SMILES string of the molecule is Cc1nsc(N2CCN(Cc3ncccc3C)CC2)n1. The van der Waals surface area contributed by atoms with E-state index < -0.39 is 0 Å². The average molecular weight is 289 g/mol. The molecule has 0 spiro atoms. The number of aromatic nitrogens is 3. The van der Waals surface area contributed by atoms with Crippen molar-refractivity contribution in [3.05, 3.63) is 35.4 Å². The molecule has 3 rings (SSSR count). The molecule has 0 unspecified atom stereocenters. The standard InChI is InChI=1S/C14H19N5S/c1-11-4-3-5-15-13(11)10-18-6-8-19(9-7-18)14-16-12(2)17-20-14/h3-5H,6-10H2,1-2H3. The predicted molar refractivity (Wildman–Crippen MR) is 81.1 cm³/mol. The minimum Gasteiger partial charge on any atom is -0.344 e. The molecular formula is C14H19N5S. The third-order valence-corrected chi connectivity index (χ3v) is 4.52. The second kappa shape index (κ2) is 5.85. The van der Waals surface area contributed by atoms with Gasteiger partial charge in [0.05, 0.1) is 5.69 Å². The van der Waals surface area contributed by atoms with Gasteiger partial charge in [-0.2, -0.15) is 4.37 Å². The van der Waals surface area contributed by atoms with E-state index in [9.17, 15) is 0 Å². The van der Waals surface area contributed by atoms with Gasteiger partial charge in [-0.3, -0.25) is 9.88 Å². The molecule has 0 radical (unpaired) electrons. The highest BCUT2D eigenvalue weighted by Gasteiger charge is 2.20. The van der Waals surface area contributed by atoms with Gasteiger partial charge in [0.15, 0.2) is 0 Å². The fourth-order valence-corrected chi connectivity index (χ4v) is 3.13. The van der Waals surface area contributed by atoms with Gasteiger partial charge in [-0.15, -0.1) is 0 Å². The minimum atomic E-state index is 0.872. The molecule has 5 nitrogen and oxygen atoms in total. The smallest absolute Gasteiger partial charge is 0.205 e. The molecule has 0 saturated carbocycles. The number of hydrogen-bond acceptors (Lipinski definition) is 6. The molecule has 20 heavy (non-hydrogen) atoms. The third kappa shape index (κ3) is 2.96. The van der Waals surface area contributed by atoms with Crippen LogP contribution in [0.2, 0.25) is 0 Å². The fourth-order valence-electron chi connectivity index (χ4n) is 2.41. The molecule has 0 atom stereocenters. The van der Waals surface area contributed by atoms with Crippen molar-refractivity contribution in [2.24, 2.45) is 0 Å². The number of aryl methyl sites for hydroxylation is 2. The van der Waals surface area contributed by atoms with Crippen molar-refractivity contribution in [1.82, 2.24) is 19.2 Å². The molecule has 6 heteroatoms. The van der Waals surface area contributed by atoms with E-state index in [0.29, 0.717) is 0 Å². The number of hydrogen-bond donors (Lipinski definition) is 0. The molecule has 1 saturated heterocycles. The first kappa shape index (κ1) is 13.5. The van der Waals surface area contributed by atoms with Crippen LogP contribution in [0.25, 0.3) is 0 Å². The van der Waals surface area contributed by atoms with Crippen molar-refractivity contribution in [2.45, 2.75) is 20.4 Å². The maximum atomic E-state index is 4.48. The van der Waals surface area contributed by atoms with Crippen molar-refractivity contribution < 1.29 is 0 Å². The third-order valence-electron chi connectivity index (χ3n) is 3.65. The summed E-state index contributed by atoms with van der Waals surface area (Å²) in [7, 11) is 0. The zero-order chi connectivity index (χ0) is 13.9. The van der Waals surface area contributed by atoms with Crippen LogP contribution in [0.15, 0.2) is 18.3 Å². The quantitative estimate of drug-likeness (QED) is 0.863. The lowest BCUT2D eigenvalue weighted by atomic mass is 10.2. The lowest BCUT2D eigenvalue weighted by molar-refractivity contribution is 0.246. The second-order valence-corrected chi connectivity index (χ2v) is 5.88. The van der Waals surface area contributed by atoms with Crippen LogP contribution in [0.5, 0.6) is 0 Å². The Morgan fingerprint density at radius 3 is 2.65 bits per heavy atom. The summed E-state index contributed by atoms with van der Waals surface area (Å²) in [4.78, 5) is 13.7. The summed E-state index contributed by atoms with van der Waals surface area (Å²) in [5.41, 5.74) is 2.46. The largest absolute Gasteiger partial charge is 0.344 e. The van der Waals surface area contributed by atoms with Crippen LogP contribution in [-0.2, 0) is 6.54 Å². The van der Waals surface area contributed by atoms with Gasteiger partial charge in [0.1, 0.15) is 5.82 Å². The Labute approximate surface area is 123 Å².